The monoisotopic (exact) mass is 486 g/mol. The second kappa shape index (κ2) is 6.56. The molecule has 7 aliphatic rings. The van der Waals surface area contributed by atoms with E-state index in [9.17, 15) is 20.1 Å². The van der Waals surface area contributed by atoms with Crippen LogP contribution in [0.1, 0.15) is 106 Å². The number of carbonyl (C=O) groups is 1. The summed E-state index contributed by atoms with van der Waals surface area (Å²) in [5.41, 5.74) is -1.39. The molecule has 2 bridgehead atoms. The molecule has 0 aromatic rings. The van der Waals surface area contributed by atoms with Crippen molar-refractivity contribution in [3.63, 3.8) is 0 Å². The van der Waals surface area contributed by atoms with E-state index in [1.54, 1.807) is 0 Å². The van der Waals surface area contributed by atoms with Crippen LogP contribution in [-0.2, 0) is 9.53 Å². The molecule has 5 aliphatic carbocycles. The van der Waals surface area contributed by atoms with E-state index in [4.69, 9.17) is 4.74 Å². The van der Waals surface area contributed by atoms with Crippen LogP contribution in [-0.4, -0.2) is 44.7 Å². The Morgan fingerprint density at radius 1 is 0.857 bits per heavy atom. The third-order valence-corrected chi connectivity index (χ3v) is 13.7. The zero-order chi connectivity index (χ0) is 25.6. The standard InChI is InChI=1S/C30H46O5/c1-24(2)19-8-11-27(5)22(25(19,3)10-9-20(24)32)18(31)16-17-21-29(7,34)28(6)13-15-30(21,23(33)35-28)14-12-26(17,27)4/h18-20,22,31-32,34H,8-16H2,1-7H3/t18-,19-,20-,22+,25-,26+,27+,28-,29-,30+/m0/s1. The van der Waals surface area contributed by atoms with Gasteiger partial charge in [0.2, 0.25) is 0 Å². The molecule has 0 amide bonds. The highest BCUT2D eigenvalue weighted by Crippen LogP contribution is 2.76. The lowest BCUT2D eigenvalue weighted by atomic mass is 9.33. The lowest BCUT2D eigenvalue weighted by molar-refractivity contribution is -0.250. The Labute approximate surface area is 210 Å². The van der Waals surface area contributed by atoms with Crippen molar-refractivity contribution in [3.05, 3.63) is 11.1 Å². The molecule has 1 spiro atoms. The maximum atomic E-state index is 13.4. The number of ether oxygens (including phenoxy) is 1. The first-order valence-corrected chi connectivity index (χ1v) is 14.1. The summed E-state index contributed by atoms with van der Waals surface area (Å²) in [6.07, 6.45) is 6.48. The second-order valence-electron chi connectivity index (χ2n) is 15.1. The molecule has 0 radical (unpaired) electrons. The number of esters is 1. The number of aliphatic hydroxyl groups excluding tert-OH is 2. The summed E-state index contributed by atoms with van der Waals surface area (Å²) < 4.78 is 5.93. The summed E-state index contributed by atoms with van der Waals surface area (Å²) in [7, 11) is 0. The number of hydrogen-bond donors (Lipinski definition) is 3. The minimum absolute atomic E-state index is 0.0531. The van der Waals surface area contributed by atoms with Crippen molar-refractivity contribution in [1.29, 1.82) is 0 Å². The highest BCUT2D eigenvalue weighted by atomic mass is 16.6. The first-order valence-electron chi connectivity index (χ1n) is 14.1. The van der Waals surface area contributed by atoms with Crippen molar-refractivity contribution in [1.82, 2.24) is 0 Å². The molecule has 2 aliphatic heterocycles. The average Bonchev–Trinajstić information content (AvgIpc) is 2.74. The molecule has 5 heteroatoms. The van der Waals surface area contributed by atoms with Crippen molar-refractivity contribution >= 4 is 5.97 Å². The second-order valence-corrected chi connectivity index (χ2v) is 15.1. The molecule has 7 rings (SSSR count). The van der Waals surface area contributed by atoms with E-state index in [0.29, 0.717) is 18.8 Å². The third-order valence-electron chi connectivity index (χ3n) is 13.7. The summed E-state index contributed by atoms with van der Waals surface area (Å²) in [5.74, 6) is 0.321. The molecular formula is C30H46O5. The predicted octanol–water partition coefficient (Wildman–Crippen LogP) is 4.91. The van der Waals surface area contributed by atoms with E-state index in [1.807, 2.05) is 13.8 Å². The van der Waals surface area contributed by atoms with Gasteiger partial charge in [0.05, 0.1) is 17.6 Å². The van der Waals surface area contributed by atoms with Crippen molar-refractivity contribution in [3.8, 4) is 0 Å². The largest absolute Gasteiger partial charge is 0.455 e. The SMILES string of the molecule is CC1(C)[C@@H](O)CC[C@]2(C)[C@H]3[C@@H](O)CC4=C5[C@]6(CC[C@](C)(OC6=O)[C@@]5(C)O)CC[C@@]4(C)[C@]3(C)CC[C@@H]12. The zero-order valence-electron chi connectivity index (χ0n) is 22.8. The van der Waals surface area contributed by atoms with Crippen LogP contribution in [0.2, 0.25) is 0 Å². The van der Waals surface area contributed by atoms with Crippen molar-refractivity contribution in [2.45, 2.75) is 130 Å². The Balaban J connectivity index is 1.54. The molecule has 196 valence electrons. The van der Waals surface area contributed by atoms with Crippen molar-refractivity contribution in [2.75, 3.05) is 0 Å². The molecule has 0 aromatic carbocycles. The lowest BCUT2D eigenvalue weighted by Crippen LogP contribution is -2.72. The molecule has 2 heterocycles. The normalized spacial score (nSPS) is 58.6. The fourth-order valence-corrected chi connectivity index (χ4v) is 11.3. The minimum Gasteiger partial charge on any atom is -0.455 e. The van der Waals surface area contributed by atoms with Gasteiger partial charge in [0.25, 0.3) is 0 Å². The van der Waals surface area contributed by atoms with Gasteiger partial charge in [0, 0.05) is 0 Å². The van der Waals surface area contributed by atoms with Gasteiger partial charge in [-0.2, -0.15) is 0 Å². The fraction of sp³-hybridized carbons (Fsp3) is 0.900. The highest BCUT2D eigenvalue weighted by Gasteiger charge is 2.75. The van der Waals surface area contributed by atoms with E-state index in [0.717, 1.165) is 56.1 Å². The maximum Gasteiger partial charge on any atom is 0.316 e. The van der Waals surface area contributed by atoms with Gasteiger partial charge < -0.3 is 20.1 Å². The van der Waals surface area contributed by atoms with Crippen LogP contribution in [0.4, 0.5) is 0 Å². The minimum atomic E-state index is -1.23. The molecule has 6 fully saturated rings. The topological polar surface area (TPSA) is 87.0 Å². The average molecular weight is 487 g/mol. The van der Waals surface area contributed by atoms with Gasteiger partial charge in [-0.1, -0.05) is 40.2 Å². The summed E-state index contributed by atoms with van der Waals surface area (Å²) in [6, 6.07) is 0. The molecule has 0 aromatic heterocycles. The van der Waals surface area contributed by atoms with Crippen LogP contribution in [0.15, 0.2) is 11.1 Å². The molecule has 5 nitrogen and oxygen atoms in total. The van der Waals surface area contributed by atoms with Crippen LogP contribution in [0, 0.1) is 38.9 Å². The van der Waals surface area contributed by atoms with Gasteiger partial charge in [-0.05, 0) is 111 Å². The van der Waals surface area contributed by atoms with Crippen LogP contribution in [0.5, 0.6) is 0 Å². The van der Waals surface area contributed by atoms with Crippen molar-refractivity contribution in [2.24, 2.45) is 38.9 Å². The van der Waals surface area contributed by atoms with Gasteiger partial charge in [-0.3, -0.25) is 4.79 Å². The summed E-state index contributed by atoms with van der Waals surface area (Å²) in [5, 5.41) is 35.0. The van der Waals surface area contributed by atoms with Crippen LogP contribution in [0.25, 0.3) is 0 Å². The zero-order valence-corrected chi connectivity index (χ0v) is 22.8. The smallest absolute Gasteiger partial charge is 0.316 e. The van der Waals surface area contributed by atoms with E-state index < -0.39 is 22.7 Å². The molecule has 0 unspecified atom stereocenters. The quantitative estimate of drug-likeness (QED) is 0.334. The molecule has 35 heavy (non-hydrogen) atoms. The molecule has 4 saturated carbocycles. The Morgan fingerprint density at radius 2 is 1.51 bits per heavy atom. The summed E-state index contributed by atoms with van der Waals surface area (Å²) in [4.78, 5) is 13.4. The predicted molar refractivity (Wildman–Crippen MR) is 133 cm³/mol. The van der Waals surface area contributed by atoms with Gasteiger partial charge >= 0.3 is 5.97 Å². The highest BCUT2D eigenvalue weighted by molar-refractivity contribution is 5.86. The van der Waals surface area contributed by atoms with Crippen molar-refractivity contribution < 1.29 is 24.9 Å². The van der Waals surface area contributed by atoms with Gasteiger partial charge in [0.1, 0.15) is 11.2 Å². The van der Waals surface area contributed by atoms with Gasteiger partial charge in [0.15, 0.2) is 0 Å². The molecular weight excluding hydrogens is 440 g/mol. The molecule has 2 saturated heterocycles. The summed E-state index contributed by atoms with van der Waals surface area (Å²) in [6.45, 7) is 15.3. The number of aliphatic hydroxyl groups is 3. The molecule has 10 atom stereocenters. The first-order chi connectivity index (χ1) is 16.0. The van der Waals surface area contributed by atoms with E-state index in [2.05, 4.69) is 34.6 Å². The van der Waals surface area contributed by atoms with Crippen LogP contribution >= 0.6 is 0 Å². The number of carbonyl (C=O) groups excluding carboxylic acids is 1. The fourth-order valence-electron chi connectivity index (χ4n) is 11.3. The van der Waals surface area contributed by atoms with Crippen LogP contribution < -0.4 is 0 Å². The number of fused-ring (bicyclic) bond motifs is 7. The Morgan fingerprint density at radius 3 is 2.17 bits per heavy atom. The van der Waals surface area contributed by atoms with E-state index in [1.165, 1.54) is 0 Å². The number of rotatable bonds is 0. The maximum absolute atomic E-state index is 13.4. The van der Waals surface area contributed by atoms with Crippen LogP contribution in [0.3, 0.4) is 0 Å². The molecule has 3 N–H and O–H groups in total. The first kappa shape index (κ1) is 24.4. The van der Waals surface area contributed by atoms with E-state index in [-0.39, 0.29) is 39.7 Å². The Hall–Kier alpha value is -0.910. The third kappa shape index (κ3) is 2.46. The summed E-state index contributed by atoms with van der Waals surface area (Å²) >= 11 is 0. The number of hydrogen-bond acceptors (Lipinski definition) is 5. The Bertz CT molecular complexity index is 1030. The van der Waals surface area contributed by atoms with Gasteiger partial charge in [-0.25, -0.2) is 0 Å². The Kier molecular flexibility index (Phi) is 4.58. The lowest BCUT2D eigenvalue weighted by Gasteiger charge is -2.73. The van der Waals surface area contributed by atoms with E-state index >= 15 is 0 Å². The van der Waals surface area contributed by atoms with Gasteiger partial charge in [-0.15, -0.1) is 0 Å².